The Morgan fingerprint density at radius 2 is 2.07 bits per heavy atom. The molecule has 88 valence electrons. The summed E-state index contributed by atoms with van der Waals surface area (Å²) in [6, 6.07) is 0. The zero-order chi connectivity index (χ0) is 10.2. The molecule has 0 aromatic carbocycles. The molecule has 0 amide bonds. The minimum Gasteiger partial charge on any atom is -0.466 e. The Labute approximate surface area is 97.1 Å². The average molecular weight is 234 g/mol. The number of esters is 1. The fourth-order valence-corrected chi connectivity index (χ4v) is 2.94. The molecule has 0 saturated heterocycles. The molecular weight excluding hydrogens is 214 g/mol. The molecule has 3 nitrogen and oxygen atoms in total. The molecule has 0 radical (unpaired) electrons. The van der Waals surface area contributed by atoms with Gasteiger partial charge in [-0.3, -0.25) is 4.79 Å². The van der Waals surface area contributed by atoms with Crippen molar-refractivity contribution in [2.45, 2.75) is 44.6 Å². The Hall–Kier alpha value is -0.280. The quantitative estimate of drug-likeness (QED) is 0.741. The zero-order valence-electron chi connectivity index (χ0n) is 9.20. The Morgan fingerprint density at radius 1 is 1.47 bits per heavy atom. The smallest absolute Gasteiger partial charge is 0.310 e. The van der Waals surface area contributed by atoms with Gasteiger partial charge in [0, 0.05) is 5.54 Å². The lowest BCUT2D eigenvalue weighted by Gasteiger charge is -2.48. The van der Waals surface area contributed by atoms with E-state index in [1.807, 2.05) is 6.92 Å². The van der Waals surface area contributed by atoms with Gasteiger partial charge in [0.05, 0.1) is 12.5 Å². The van der Waals surface area contributed by atoms with Crippen molar-refractivity contribution >= 4 is 18.4 Å². The second-order valence-electron chi connectivity index (χ2n) is 4.72. The summed E-state index contributed by atoms with van der Waals surface area (Å²) in [4.78, 5) is 11.7. The van der Waals surface area contributed by atoms with Crippen LogP contribution in [0.5, 0.6) is 0 Å². The van der Waals surface area contributed by atoms with Crippen molar-refractivity contribution in [3.05, 3.63) is 0 Å². The number of rotatable bonds is 2. The van der Waals surface area contributed by atoms with Crippen LogP contribution in [0.3, 0.4) is 0 Å². The van der Waals surface area contributed by atoms with Gasteiger partial charge in [-0.1, -0.05) is 0 Å². The van der Waals surface area contributed by atoms with Crippen LogP contribution in [0.25, 0.3) is 0 Å². The summed E-state index contributed by atoms with van der Waals surface area (Å²) in [5.74, 6) is 0.615. The third-order valence-corrected chi connectivity index (χ3v) is 3.87. The van der Waals surface area contributed by atoms with Gasteiger partial charge in [0.25, 0.3) is 0 Å². The van der Waals surface area contributed by atoms with E-state index < -0.39 is 0 Å². The molecule has 3 aliphatic rings. The standard InChI is InChI=1S/C11H19NO2.ClH/c1-2-14-10(13)9-7-8-3-5-11(9,12)6-4-8;/h8-9H,2-7,12H2,1H3;1H. The number of carbonyl (C=O) groups is 1. The third-order valence-electron chi connectivity index (χ3n) is 3.87. The summed E-state index contributed by atoms with van der Waals surface area (Å²) >= 11 is 0. The average Bonchev–Trinajstić information content (AvgIpc) is 2.18. The van der Waals surface area contributed by atoms with Crippen molar-refractivity contribution in [2.75, 3.05) is 6.61 Å². The number of hydrogen-bond donors (Lipinski definition) is 1. The molecule has 1 atom stereocenters. The number of nitrogens with two attached hydrogens (primary N) is 1. The second kappa shape index (κ2) is 4.71. The fraction of sp³-hybridized carbons (Fsp3) is 0.909. The van der Waals surface area contributed by atoms with E-state index in [0.29, 0.717) is 6.61 Å². The highest BCUT2D eigenvalue weighted by Crippen LogP contribution is 2.46. The highest BCUT2D eigenvalue weighted by molar-refractivity contribution is 5.85. The monoisotopic (exact) mass is 233 g/mol. The first-order chi connectivity index (χ1) is 6.65. The van der Waals surface area contributed by atoms with Gasteiger partial charge in [0.1, 0.15) is 0 Å². The molecule has 0 aliphatic heterocycles. The fourth-order valence-electron chi connectivity index (χ4n) is 2.94. The minimum atomic E-state index is -0.249. The normalized spacial score (nSPS) is 38.3. The Bertz CT molecular complexity index is 237. The number of ether oxygens (including phenoxy) is 1. The Kier molecular flexibility index (Phi) is 4.01. The summed E-state index contributed by atoms with van der Waals surface area (Å²) in [6.07, 6.45) is 5.36. The van der Waals surface area contributed by atoms with Crippen LogP contribution in [0, 0.1) is 11.8 Å². The van der Waals surface area contributed by atoms with E-state index in [0.717, 1.165) is 25.2 Å². The topological polar surface area (TPSA) is 52.3 Å². The molecule has 0 spiro atoms. The van der Waals surface area contributed by atoms with Crippen LogP contribution < -0.4 is 5.73 Å². The Balaban J connectivity index is 0.00000112. The first-order valence-corrected chi connectivity index (χ1v) is 5.61. The molecular formula is C11H20ClNO2. The maximum Gasteiger partial charge on any atom is 0.310 e. The van der Waals surface area contributed by atoms with E-state index in [2.05, 4.69) is 0 Å². The van der Waals surface area contributed by atoms with Gasteiger partial charge in [0.2, 0.25) is 0 Å². The molecule has 3 aliphatic carbocycles. The highest BCUT2D eigenvalue weighted by Gasteiger charge is 2.48. The molecule has 15 heavy (non-hydrogen) atoms. The predicted molar refractivity (Wildman–Crippen MR) is 60.9 cm³/mol. The second-order valence-corrected chi connectivity index (χ2v) is 4.72. The SMILES string of the molecule is CCOC(=O)C1CC2CCC1(N)CC2.Cl. The first-order valence-electron chi connectivity index (χ1n) is 5.61. The van der Waals surface area contributed by atoms with E-state index >= 15 is 0 Å². The molecule has 1 unspecified atom stereocenters. The van der Waals surface area contributed by atoms with Crippen LogP contribution in [0.2, 0.25) is 0 Å². The van der Waals surface area contributed by atoms with E-state index in [1.54, 1.807) is 0 Å². The van der Waals surface area contributed by atoms with Crippen LogP contribution in [-0.2, 0) is 9.53 Å². The molecule has 4 heteroatoms. The lowest BCUT2D eigenvalue weighted by Crippen LogP contribution is -2.57. The van der Waals surface area contributed by atoms with Crippen molar-refractivity contribution in [2.24, 2.45) is 17.6 Å². The Morgan fingerprint density at radius 3 is 2.53 bits per heavy atom. The summed E-state index contributed by atoms with van der Waals surface area (Å²) in [5.41, 5.74) is 6.02. The molecule has 3 rings (SSSR count). The maximum absolute atomic E-state index is 11.7. The van der Waals surface area contributed by atoms with Crippen LogP contribution in [-0.4, -0.2) is 18.1 Å². The van der Waals surface area contributed by atoms with Crippen LogP contribution in [0.1, 0.15) is 39.0 Å². The van der Waals surface area contributed by atoms with Crippen LogP contribution in [0.4, 0.5) is 0 Å². The van der Waals surface area contributed by atoms with Gasteiger partial charge in [-0.25, -0.2) is 0 Å². The minimum absolute atomic E-state index is 0. The molecule has 2 bridgehead atoms. The summed E-state index contributed by atoms with van der Waals surface area (Å²) in [7, 11) is 0. The van der Waals surface area contributed by atoms with E-state index in [-0.39, 0.29) is 29.8 Å². The van der Waals surface area contributed by atoms with Gasteiger partial charge in [-0.05, 0) is 44.9 Å². The number of fused-ring (bicyclic) bond motifs is 3. The van der Waals surface area contributed by atoms with Gasteiger partial charge in [0.15, 0.2) is 0 Å². The summed E-state index contributed by atoms with van der Waals surface area (Å²) < 4.78 is 5.08. The highest BCUT2D eigenvalue weighted by atomic mass is 35.5. The van der Waals surface area contributed by atoms with E-state index in [9.17, 15) is 4.79 Å². The van der Waals surface area contributed by atoms with Crippen molar-refractivity contribution in [3.8, 4) is 0 Å². The predicted octanol–water partition coefficient (Wildman–Crippen LogP) is 1.88. The summed E-state index contributed by atoms with van der Waals surface area (Å²) in [6.45, 7) is 2.32. The summed E-state index contributed by atoms with van der Waals surface area (Å²) in [5, 5.41) is 0. The van der Waals surface area contributed by atoms with Crippen molar-refractivity contribution < 1.29 is 9.53 Å². The molecule has 3 saturated carbocycles. The van der Waals surface area contributed by atoms with Gasteiger partial charge in [-0.2, -0.15) is 0 Å². The van der Waals surface area contributed by atoms with E-state index in [1.165, 1.54) is 12.8 Å². The number of carbonyl (C=O) groups excluding carboxylic acids is 1. The lowest BCUT2D eigenvalue weighted by atomic mass is 9.60. The third kappa shape index (κ3) is 2.28. The maximum atomic E-state index is 11.7. The zero-order valence-corrected chi connectivity index (χ0v) is 10.0. The number of halogens is 1. The lowest BCUT2D eigenvalue weighted by molar-refractivity contribution is -0.155. The molecule has 0 aromatic rings. The van der Waals surface area contributed by atoms with Gasteiger partial charge < -0.3 is 10.5 Å². The molecule has 2 N–H and O–H groups in total. The number of hydrogen-bond acceptors (Lipinski definition) is 3. The van der Waals surface area contributed by atoms with Gasteiger partial charge in [-0.15, -0.1) is 12.4 Å². The largest absolute Gasteiger partial charge is 0.466 e. The molecule has 3 fully saturated rings. The van der Waals surface area contributed by atoms with Crippen molar-refractivity contribution in [1.29, 1.82) is 0 Å². The van der Waals surface area contributed by atoms with Crippen molar-refractivity contribution in [1.82, 2.24) is 0 Å². The molecule has 0 aromatic heterocycles. The molecule has 0 heterocycles. The van der Waals surface area contributed by atoms with E-state index in [4.69, 9.17) is 10.5 Å². The first kappa shape index (κ1) is 12.8. The van der Waals surface area contributed by atoms with Crippen LogP contribution in [0.15, 0.2) is 0 Å². The van der Waals surface area contributed by atoms with Crippen LogP contribution >= 0.6 is 12.4 Å². The van der Waals surface area contributed by atoms with Crippen molar-refractivity contribution in [3.63, 3.8) is 0 Å². The van der Waals surface area contributed by atoms with Gasteiger partial charge >= 0.3 is 5.97 Å².